The predicted molar refractivity (Wildman–Crippen MR) is 137 cm³/mol. The van der Waals surface area contributed by atoms with Gasteiger partial charge < -0.3 is 18.6 Å². The van der Waals surface area contributed by atoms with Crippen molar-refractivity contribution < 1.29 is 18.6 Å². The topological polar surface area (TPSA) is 36.9 Å². The van der Waals surface area contributed by atoms with E-state index in [1.807, 2.05) is 36.4 Å². The van der Waals surface area contributed by atoms with Crippen molar-refractivity contribution in [1.82, 2.24) is 0 Å². The maximum atomic E-state index is 7.02. The van der Waals surface area contributed by atoms with Gasteiger partial charge in [0.1, 0.15) is 6.10 Å². The summed E-state index contributed by atoms with van der Waals surface area (Å²) < 4.78 is 25.8. The first-order valence-corrected chi connectivity index (χ1v) is 14.9. The van der Waals surface area contributed by atoms with Crippen LogP contribution in [0.3, 0.4) is 0 Å². The van der Waals surface area contributed by atoms with Gasteiger partial charge in [0, 0.05) is 12.5 Å². The Kier molecular flexibility index (Phi) is 8.57. The van der Waals surface area contributed by atoms with Crippen molar-refractivity contribution >= 4 is 8.32 Å². The van der Waals surface area contributed by atoms with Crippen molar-refractivity contribution in [2.24, 2.45) is 5.41 Å². The Morgan fingerprint density at radius 1 is 0.909 bits per heavy atom. The number of ether oxygens (including phenoxy) is 3. The molecule has 4 atom stereocenters. The minimum Gasteiger partial charge on any atom is -0.411 e. The summed E-state index contributed by atoms with van der Waals surface area (Å²) in [4.78, 5) is 0. The van der Waals surface area contributed by atoms with Crippen LogP contribution in [-0.2, 0) is 31.9 Å². The summed E-state index contributed by atoms with van der Waals surface area (Å²) in [6, 6.07) is 20.7. The van der Waals surface area contributed by atoms with Crippen LogP contribution in [0.1, 0.15) is 45.2 Å². The van der Waals surface area contributed by atoms with Crippen molar-refractivity contribution in [3.63, 3.8) is 0 Å². The summed E-state index contributed by atoms with van der Waals surface area (Å²) in [5, 5.41) is 0.111. The van der Waals surface area contributed by atoms with Crippen LogP contribution in [0.5, 0.6) is 0 Å². The fourth-order valence-electron chi connectivity index (χ4n) is 4.31. The van der Waals surface area contributed by atoms with Gasteiger partial charge in [-0.15, -0.1) is 0 Å². The van der Waals surface area contributed by atoms with Gasteiger partial charge in [-0.2, -0.15) is 0 Å². The molecule has 2 aromatic rings. The van der Waals surface area contributed by atoms with E-state index in [9.17, 15) is 0 Å². The zero-order chi connectivity index (χ0) is 24.1. The predicted octanol–water partition coefficient (Wildman–Crippen LogP) is 6.60. The number of benzene rings is 2. The normalized spacial score (nSPS) is 26.0. The van der Waals surface area contributed by atoms with E-state index < -0.39 is 8.32 Å². The lowest BCUT2D eigenvalue weighted by Crippen LogP contribution is -2.52. The van der Waals surface area contributed by atoms with Gasteiger partial charge in [0.25, 0.3) is 0 Å². The van der Waals surface area contributed by atoms with Crippen molar-refractivity contribution in [2.45, 2.75) is 83.8 Å². The molecule has 1 aliphatic rings. The van der Waals surface area contributed by atoms with E-state index in [4.69, 9.17) is 18.6 Å². The average Bonchev–Trinajstić information content (AvgIpc) is 3.03. The number of methoxy groups -OCH3 is 1. The Hall–Kier alpha value is -1.50. The summed E-state index contributed by atoms with van der Waals surface area (Å²) in [5.41, 5.74) is 2.15. The van der Waals surface area contributed by atoms with Crippen LogP contribution in [0.15, 0.2) is 60.7 Å². The van der Waals surface area contributed by atoms with Gasteiger partial charge in [-0.3, -0.25) is 0 Å². The maximum absolute atomic E-state index is 7.02. The number of hydrogen-bond donors (Lipinski definition) is 0. The first-order chi connectivity index (χ1) is 15.6. The Labute approximate surface area is 201 Å². The highest BCUT2D eigenvalue weighted by Gasteiger charge is 2.55. The summed E-state index contributed by atoms with van der Waals surface area (Å²) in [6.45, 7) is 15.5. The number of rotatable bonds is 10. The van der Waals surface area contributed by atoms with E-state index >= 15 is 0 Å². The van der Waals surface area contributed by atoms with Gasteiger partial charge in [0.05, 0.1) is 32.0 Å². The average molecular weight is 471 g/mol. The molecule has 0 aliphatic heterocycles. The van der Waals surface area contributed by atoms with E-state index in [-0.39, 0.29) is 28.8 Å². The minimum atomic E-state index is -2.03. The molecule has 5 heteroatoms. The molecule has 4 nitrogen and oxygen atoms in total. The highest BCUT2D eigenvalue weighted by Crippen LogP contribution is 2.48. The standard InChI is InChI=1S/C28H42O4Si/c1-27(2,3)33(6,7)32-26-25(29-5)24(31-20-23-16-12-9-13-17-23)18-28(26,4)21-30-19-22-14-10-8-11-15-22/h8-17,24-26H,18-21H2,1-7H3/t24-,25+,26+,28-/m0/s1. The van der Waals surface area contributed by atoms with Crippen LogP contribution in [0.25, 0.3) is 0 Å². The molecule has 0 radical (unpaired) electrons. The third kappa shape index (κ3) is 6.55. The second-order valence-corrected chi connectivity index (χ2v) is 15.9. The van der Waals surface area contributed by atoms with Gasteiger partial charge >= 0.3 is 0 Å². The monoisotopic (exact) mass is 470 g/mol. The molecule has 0 amide bonds. The first-order valence-electron chi connectivity index (χ1n) is 12.0. The molecule has 0 spiro atoms. The van der Waals surface area contributed by atoms with Crippen molar-refractivity contribution in [3.05, 3.63) is 71.8 Å². The lowest BCUT2D eigenvalue weighted by atomic mass is 9.87. The molecule has 1 saturated carbocycles. The van der Waals surface area contributed by atoms with Crippen LogP contribution >= 0.6 is 0 Å². The van der Waals surface area contributed by atoms with Crippen LogP contribution in [0, 0.1) is 5.41 Å². The minimum absolute atomic E-state index is 0.0460. The van der Waals surface area contributed by atoms with E-state index in [0.29, 0.717) is 19.8 Å². The molecule has 182 valence electrons. The molecule has 0 heterocycles. The fraction of sp³-hybridized carbons (Fsp3) is 0.571. The van der Waals surface area contributed by atoms with Crippen LogP contribution in [-0.4, -0.2) is 40.3 Å². The molecular weight excluding hydrogens is 428 g/mol. The maximum Gasteiger partial charge on any atom is 0.192 e. The highest BCUT2D eigenvalue weighted by atomic mass is 28.4. The molecule has 0 aromatic heterocycles. The molecule has 0 bridgehead atoms. The molecule has 0 N–H and O–H groups in total. The van der Waals surface area contributed by atoms with Gasteiger partial charge in [-0.25, -0.2) is 0 Å². The van der Waals surface area contributed by atoms with E-state index in [1.54, 1.807) is 7.11 Å². The second kappa shape index (κ2) is 10.8. The third-order valence-electron chi connectivity index (χ3n) is 7.37. The molecule has 2 aromatic carbocycles. The molecule has 33 heavy (non-hydrogen) atoms. The quantitative estimate of drug-likeness (QED) is 0.366. The zero-order valence-electron chi connectivity index (χ0n) is 21.5. The molecular formula is C28H42O4Si. The highest BCUT2D eigenvalue weighted by molar-refractivity contribution is 6.74. The van der Waals surface area contributed by atoms with Crippen molar-refractivity contribution in [2.75, 3.05) is 13.7 Å². The van der Waals surface area contributed by atoms with Gasteiger partial charge in [-0.1, -0.05) is 88.4 Å². The summed E-state index contributed by atoms with van der Waals surface area (Å²) in [5.74, 6) is 0. The summed E-state index contributed by atoms with van der Waals surface area (Å²) in [6.07, 6.45) is 0.579. The van der Waals surface area contributed by atoms with E-state index in [0.717, 1.165) is 6.42 Å². The van der Waals surface area contributed by atoms with Gasteiger partial charge in [0.15, 0.2) is 8.32 Å². The lowest BCUT2D eigenvalue weighted by molar-refractivity contribution is -0.0895. The second-order valence-electron chi connectivity index (χ2n) is 11.2. The smallest absolute Gasteiger partial charge is 0.192 e. The third-order valence-corrected chi connectivity index (χ3v) is 11.8. The number of hydrogen-bond acceptors (Lipinski definition) is 4. The Balaban J connectivity index is 1.78. The van der Waals surface area contributed by atoms with E-state index in [1.165, 1.54) is 11.1 Å². The molecule has 1 aliphatic carbocycles. The van der Waals surface area contributed by atoms with Crippen LogP contribution in [0.4, 0.5) is 0 Å². The zero-order valence-corrected chi connectivity index (χ0v) is 22.5. The molecule has 1 fully saturated rings. The summed E-state index contributed by atoms with van der Waals surface area (Å²) in [7, 11) is -0.248. The first kappa shape index (κ1) is 26.1. The molecule has 0 unspecified atom stereocenters. The fourth-order valence-corrected chi connectivity index (χ4v) is 5.72. The van der Waals surface area contributed by atoms with Crippen molar-refractivity contribution in [3.8, 4) is 0 Å². The SMILES string of the molecule is CO[C@@H]1[C@@H](OCc2ccccc2)C[C@@](C)(COCc2ccccc2)[C@@H]1O[Si](C)(C)C(C)(C)C. The van der Waals surface area contributed by atoms with Gasteiger partial charge in [-0.05, 0) is 35.7 Å². The Bertz CT molecular complexity index is 849. The van der Waals surface area contributed by atoms with Crippen LogP contribution < -0.4 is 0 Å². The Morgan fingerprint density at radius 3 is 1.97 bits per heavy atom. The van der Waals surface area contributed by atoms with E-state index in [2.05, 4.69) is 65.1 Å². The van der Waals surface area contributed by atoms with Crippen LogP contribution in [0.2, 0.25) is 18.1 Å². The largest absolute Gasteiger partial charge is 0.411 e. The van der Waals surface area contributed by atoms with Gasteiger partial charge in [0.2, 0.25) is 0 Å². The lowest BCUT2D eigenvalue weighted by Gasteiger charge is -2.44. The summed E-state index contributed by atoms with van der Waals surface area (Å²) >= 11 is 0. The van der Waals surface area contributed by atoms with Crippen molar-refractivity contribution in [1.29, 1.82) is 0 Å². The molecule has 0 saturated heterocycles. The molecule has 3 rings (SSSR count). The Morgan fingerprint density at radius 2 is 1.45 bits per heavy atom.